The van der Waals surface area contributed by atoms with Gasteiger partial charge in [0.25, 0.3) is 5.91 Å². The lowest BCUT2D eigenvalue weighted by Gasteiger charge is -2.14. The summed E-state index contributed by atoms with van der Waals surface area (Å²) in [5, 5.41) is 2.91. The first-order valence-electron chi connectivity index (χ1n) is 7.81. The minimum atomic E-state index is -0.505. The average molecular weight is 313 g/mol. The molecule has 0 bridgehead atoms. The molecule has 0 spiro atoms. The number of aryl methyl sites for hydroxylation is 1. The Balaban J connectivity index is 1.69. The Labute approximate surface area is 137 Å². The molecular formula is C19H23NO3. The molecule has 0 saturated heterocycles. The number of amides is 1. The molecule has 0 aromatic heterocycles. The van der Waals surface area contributed by atoms with Crippen LogP contribution in [0.1, 0.15) is 18.9 Å². The lowest BCUT2D eigenvalue weighted by Crippen LogP contribution is -2.36. The molecule has 1 atom stereocenters. The van der Waals surface area contributed by atoms with Crippen LogP contribution in [0.2, 0.25) is 0 Å². The topological polar surface area (TPSA) is 47.6 Å². The van der Waals surface area contributed by atoms with E-state index in [1.165, 1.54) is 5.56 Å². The fourth-order valence-electron chi connectivity index (χ4n) is 2.23. The molecule has 0 aliphatic rings. The summed E-state index contributed by atoms with van der Waals surface area (Å²) >= 11 is 0. The van der Waals surface area contributed by atoms with E-state index in [2.05, 4.69) is 11.4 Å². The van der Waals surface area contributed by atoms with Crippen molar-refractivity contribution in [1.82, 2.24) is 5.32 Å². The molecule has 4 heteroatoms. The first-order chi connectivity index (χ1) is 11.2. The first kappa shape index (κ1) is 16.9. The molecule has 2 aromatic rings. The van der Waals surface area contributed by atoms with Crippen molar-refractivity contribution >= 4 is 5.91 Å². The average Bonchev–Trinajstić information content (AvgIpc) is 2.59. The van der Waals surface area contributed by atoms with Crippen LogP contribution in [0, 0.1) is 0 Å². The van der Waals surface area contributed by atoms with E-state index in [1.54, 1.807) is 14.0 Å². The van der Waals surface area contributed by atoms with Crippen LogP contribution in [0.3, 0.4) is 0 Å². The third-order valence-corrected chi connectivity index (χ3v) is 3.50. The molecule has 0 fully saturated rings. The Morgan fingerprint density at radius 2 is 1.83 bits per heavy atom. The second-order valence-electron chi connectivity index (χ2n) is 5.32. The summed E-state index contributed by atoms with van der Waals surface area (Å²) < 4.78 is 10.8. The predicted octanol–water partition coefficient (Wildman–Crippen LogP) is 3.21. The maximum absolute atomic E-state index is 12.0. The fourth-order valence-corrected chi connectivity index (χ4v) is 2.23. The smallest absolute Gasteiger partial charge is 0.260 e. The third-order valence-electron chi connectivity index (χ3n) is 3.50. The van der Waals surface area contributed by atoms with Crippen LogP contribution in [-0.2, 0) is 11.2 Å². The van der Waals surface area contributed by atoms with Gasteiger partial charge in [0, 0.05) is 6.54 Å². The van der Waals surface area contributed by atoms with Crippen LogP contribution in [0.15, 0.2) is 54.6 Å². The molecule has 2 aromatic carbocycles. The van der Waals surface area contributed by atoms with Crippen LogP contribution in [0.5, 0.6) is 11.5 Å². The van der Waals surface area contributed by atoms with Gasteiger partial charge in [0.1, 0.15) is 11.5 Å². The van der Waals surface area contributed by atoms with Crippen LogP contribution >= 0.6 is 0 Å². The van der Waals surface area contributed by atoms with Crippen molar-refractivity contribution in [2.45, 2.75) is 25.9 Å². The van der Waals surface area contributed by atoms with Crippen molar-refractivity contribution in [2.24, 2.45) is 0 Å². The highest BCUT2D eigenvalue weighted by atomic mass is 16.5. The maximum Gasteiger partial charge on any atom is 0.260 e. The number of methoxy groups -OCH3 is 1. The van der Waals surface area contributed by atoms with Crippen molar-refractivity contribution in [1.29, 1.82) is 0 Å². The van der Waals surface area contributed by atoms with Gasteiger partial charge in [-0.25, -0.2) is 0 Å². The molecule has 2 rings (SSSR count). The summed E-state index contributed by atoms with van der Waals surface area (Å²) in [7, 11) is 1.66. The molecule has 1 amide bonds. The van der Waals surface area contributed by atoms with E-state index >= 15 is 0 Å². The van der Waals surface area contributed by atoms with Gasteiger partial charge in [-0.1, -0.05) is 30.3 Å². The zero-order valence-corrected chi connectivity index (χ0v) is 13.6. The van der Waals surface area contributed by atoms with Crippen LogP contribution < -0.4 is 14.8 Å². The van der Waals surface area contributed by atoms with E-state index in [-0.39, 0.29) is 5.91 Å². The number of nitrogens with one attached hydrogen (secondary N) is 1. The molecule has 1 unspecified atom stereocenters. The second-order valence-corrected chi connectivity index (χ2v) is 5.32. The number of para-hydroxylation sites is 1. The van der Waals surface area contributed by atoms with Crippen LogP contribution in [-0.4, -0.2) is 25.7 Å². The summed E-state index contributed by atoms with van der Waals surface area (Å²) in [6, 6.07) is 17.3. The monoisotopic (exact) mass is 313 g/mol. The summed E-state index contributed by atoms with van der Waals surface area (Å²) in [4.78, 5) is 12.0. The Bertz CT molecular complexity index is 613. The molecule has 1 N–H and O–H groups in total. The van der Waals surface area contributed by atoms with Gasteiger partial charge in [0.15, 0.2) is 6.10 Å². The molecule has 23 heavy (non-hydrogen) atoms. The molecule has 0 aliphatic heterocycles. The lowest BCUT2D eigenvalue weighted by atomic mass is 10.1. The molecule has 4 nitrogen and oxygen atoms in total. The van der Waals surface area contributed by atoms with Gasteiger partial charge in [0.2, 0.25) is 0 Å². The summed E-state index contributed by atoms with van der Waals surface area (Å²) in [6.07, 6.45) is 1.26. The summed E-state index contributed by atoms with van der Waals surface area (Å²) in [5.41, 5.74) is 1.20. The van der Waals surface area contributed by atoms with Gasteiger partial charge in [0.05, 0.1) is 7.11 Å². The van der Waals surface area contributed by atoms with Gasteiger partial charge in [-0.3, -0.25) is 4.79 Å². The highest BCUT2D eigenvalue weighted by Gasteiger charge is 2.13. The van der Waals surface area contributed by atoms with Gasteiger partial charge in [-0.05, 0) is 49.6 Å². The van der Waals surface area contributed by atoms with Crippen molar-refractivity contribution in [3.63, 3.8) is 0 Å². The molecule has 0 radical (unpaired) electrons. The zero-order chi connectivity index (χ0) is 16.5. The molecular weight excluding hydrogens is 290 g/mol. The zero-order valence-electron chi connectivity index (χ0n) is 13.6. The van der Waals surface area contributed by atoms with Crippen LogP contribution in [0.4, 0.5) is 0 Å². The molecule has 0 heterocycles. The predicted molar refractivity (Wildman–Crippen MR) is 90.9 cm³/mol. The van der Waals surface area contributed by atoms with E-state index in [1.807, 2.05) is 48.5 Å². The number of benzene rings is 2. The summed E-state index contributed by atoms with van der Waals surface area (Å²) in [6.45, 7) is 2.38. The Kier molecular flexibility index (Phi) is 6.48. The SMILES string of the molecule is COc1cccc(CCCNC(=O)C(C)Oc2ccccc2)c1. The minimum Gasteiger partial charge on any atom is -0.497 e. The fraction of sp³-hybridized carbons (Fsp3) is 0.316. The quantitative estimate of drug-likeness (QED) is 0.761. The first-order valence-corrected chi connectivity index (χ1v) is 7.81. The highest BCUT2D eigenvalue weighted by molar-refractivity contribution is 5.80. The Morgan fingerprint density at radius 1 is 1.09 bits per heavy atom. The summed E-state index contributed by atoms with van der Waals surface area (Å²) in [5.74, 6) is 1.46. The number of rotatable bonds is 8. The number of hydrogen-bond donors (Lipinski definition) is 1. The van der Waals surface area contributed by atoms with Crippen molar-refractivity contribution in [3.8, 4) is 11.5 Å². The molecule has 0 aliphatic carbocycles. The number of carbonyl (C=O) groups is 1. The molecule has 122 valence electrons. The Morgan fingerprint density at radius 3 is 2.57 bits per heavy atom. The van der Waals surface area contributed by atoms with E-state index in [0.717, 1.165) is 18.6 Å². The van der Waals surface area contributed by atoms with Crippen molar-refractivity contribution < 1.29 is 14.3 Å². The minimum absolute atomic E-state index is 0.0977. The third kappa shape index (κ3) is 5.66. The maximum atomic E-state index is 12.0. The normalized spacial score (nSPS) is 11.6. The van der Waals surface area contributed by atoms with E-state index in [9.17, 15) is 4.79 Å². The standard InChI is InChI=1S/C19H23NO3/c1-15(23-17-10-4-3-5-11-17)19(21)20-13-7-9-16-8-6-12-18(14-16)22-2/h3-6,8,10-12,14-15H,7,9,13H2,1-2H3,(H,20,21). The number of ether oxygens (including phenoxy) is 2. The van der Waals surface area contributed by atoms with E-state index < -0.39 is 6.10 Å². The van der Waals surface area contributed by atoms with Crippen molar-refractivity contribution in [2.75, 3.05) is 13.7 Å². The van der Waals surface area contributed by atoms with Crippen LogP contribution in [0.25, 0.3) is 0 Å². The Hall–Kier alpha value is -2.49. The number of hydrogen-bond acceptors (Lipinski definition) is 3. The van der Waals surface area contributed by atoms with Gasteiger partial charge in [-0.15, -0.1) is 0 Å². The lowest BCUT2D eigenvalue weighted by molar-refractivity contribution is -0.127. The highest BCUT2D eigenvalue weighted by Crippen LogP contribution is 2.14. The number of carbonyl (C=O) groups excluding carboxylic acids is 1. The van der Waals surface area contributed by atoms with Gasteiger partial charge >= 0.3 is 0 Å². The van der Waals surface area contributed by atoms with Gasteiger partial charge in [-0.2, -0.15) is 0 Å². The molecule has 0 saturated carbocycles. The second kappa shape index (κ2) is 8.83. The van der Waals surface area contributed by atoms with Crippen molar-refractivity contribution in [3.05, 3.63) is 60.2 Å². The van der Waals surface area contributed by atoms with E-state index in [4.69, 9.17) is 9.47 Å². The largest absolute Gasteiger partial charge is 0.497 e. The van der Waals surface area contributed by atoms with Gasteiger partial charge < -0.3 is 14.8 Å². The van der Waals surface area contributed by atoms with E-state index in [0.29, 0.717) is 12.3 Å².